The van der Waals surface area contributed by atoms with Gasteiger partial charge in [0, 0.05) is 32.6 Å². The van der Waals surface area contributed by atoms with Crippen molar-refractivity contribution in [1.82, 2.24) is 15.5 Å². The molecule has 0 aliphatic carbocycles. The lowest BCUT2D eigenvalue weighted by atomic mass is 10.0. The molecule has 1 atom stereocenters. The van der Waals surface area contributed by atoms with E-state index in [0.717, 1.165) is 26.3 Å². The minimum Gasteiger partial charge on any atom is -0.379 e. The van der Waals surface area contributed by atoms with Gasteiger partial charge in [-0.25, -0.2) is 0 Å². The van der Waals surface area contributed by atoms with E-state index in [1.165, 1.54) is 11.1 Å². The Morgan fingerprint density at radius 2 is 2.00 bits per heavy atom. The van der Waals surface area contributed by atoms with E-state index in [-0.39, 0.29) is 36.8 Å². The first-order valence-electron chi connectivity index (χ1n) is 8.00. The van der Waals surface area contributed by atoms with Crippen LogP contribution in [0.15, 0.2) is 24.3 Å². The summed E-state index contributed by atoms with van der Waals surface area (Å²) in [6.07, 6.45) is 0.514. The van der Waals surface area contributed by atoms with Gasteiger partial charge < -0.3 is 15.4 Å². The van der Waals surface area contributed by atoms with Gasteiger partial charge in [0.05, 0.1) is 19.3 Å². The maximum Gasteiger partial charge on any atom is 0.221 e. The molecule has 0 bridgehead atoms. The van der Waals surface area contributed by atoms with Gasteiger partial charge in [0.25, 0.3) is 0 Å². The quantitative estimate of drug-likeness (QED) is 0.762. The lowest BCUT2D eigenvalue weighted by molar-refractivity contribution is -0.121. The van der Waals surface area contributed by atoms with Crippen LogP contribution in [0.5, 0.6) is 0 Å². The van der Waals surface area contributed by atoms with E-state index >= 15 is 0 Å². The number of nitrogens with one attached hydrogen (secondary N) is 2. The number of carbonyl (C=O) groups excluding carboxylic acids is 1. The highest BCUT2D eigenvalue weighted by Crippen LogP contribution is 2.22. The first-order chi connectivity index (χ1) is 10.7. The van der Waals surface area contributed by atoms with Crippen molar-refractivity contribution >= 4 is 30.7 Å². The second-order valence-electron chi connectivity index (χ2n) is 5.74. The number of nitrogens with zero attached hydrogens (tertiary/aromatic N) is 1. The molecule has 1 aliphatic rings. The fourth-order valence-corrected chi connectivity index (χ4v) is 2.76. The zero-order valence-electron chi connectivity index (χ0n) is 14.4. The van der Waals surface area contributed by atoms with Gasteiger partial charge in [0.1, 0.15) is 0 Å². The van der Waals surface area contributed by atoms with Crippen LogP contribution in [0.1, 0.15) is 23.6 Å². The van der Waals surface area contributed by atoms with Gasteiger partial charge in [-0.05, 0) is 19.5 Å². The van der Waals surface area contributed by atoms with Crippen molar-refractivity contribution in [3.63, 3.8) is 0 Å². The van der Waals surface area contributed by atoms with Crippen LogP contribution in [0.4, 0.5) is 0 Å². The molecule has 1 heterocycles. The number of hydrogen-bond donors (Lipinski definition) is 2. The third kappa shape index (κ3) is 7.36. The van der Waals surface area contributed by atoms with Gasteiger partial charge in [-0.2, -0.15) is 0 Å². The van der Waals surface area contributed by atoms with E-state index < -0.39 is 0 Å². The van der Waals surface area contributed by atoms with E-state index in [4.69, 9.17) is 4.74 Å². The molecule has 2 N–H and O–H groups in total. The summed E-state index contributed by atoms with van der Waals surface area (Å²) in [5, 5.41) is 6.07. The SMILES string of the molecule is CNCCC(=O)NCC(c1cccc(C)c1)N1CCOCC1.Cl.Cl. The zero-order valence-corrected chi connectivity index (χ0v) is 16.0. The van der Waals surface area contributed by atoms with Gasteiger partial charge in [-0.15, -0.1) is 24.8 Å². The summed E-state index contributed by atoms with van der Waals surface area (Å²) in [6, 6.07) is 8.75. The van der Waals surface area contributed by atoms with Crippen molar-refractivity contribution in [1.29, 1.82) is 0 Å². The van der Waals surface area contributed by atoms with Crippen molar-refractivity contribution in [3.8, 4) is 0 Å². The standard InChI is InChI=1S/C17H27N3O2.2ClH/c1-14-4-3-5-15(12-14)16(20-8-10-22-11-9-20)13-19-17(21)6-7-18-2;;/h3-5,12,16,18H,6-11,13H2,1-2H3,(H,19,21);2*1H. The molecular formula is C17H29Cl2N3O2. The molecule has 138 valence electrons. The molecule has 0 radical (unpaired) electrons. The monoisotopic (exact) mass is 377 g/mol. The minimum absolute atomic E-state index is 0. The molecule has 5 nitrogen and oxygen atoms in total. The van der Waals surface area contributed by atoms with Crippen LogP contribution >= 0.6 is 24.8 Å². The number of rotatable bonds is 7. The Labute approximate surface area is 157 Å². The van der Waals surface area contributed by atoms with Crippen LogP contribution in [-0.2, 0) is 9.53 Å². The van der Waals surface area contributed by atoms with Crippen LogP contribution in [0, 0.1) is 6.92 Å². The summed E-state index contributed by atoms with van der Waals surface area (Å²) in [5.41, 5.74) is 2.51. The highest BCUT2D eigenvalue weighted by atomic mass is 35.5. The van der Waals surface area contributed by atoms with Gasteiger partial charge in [-0.1, -0.05) is 29.8 Å². The topological polar surface area (TPSA) is 53.6 Å². The highest BCUT2D eigenvalue weighted by Gasteiger charge is 2.23. The van der Waals surface area contributed by atoms with Crippen LogP contribution in [0.25, 0.3) is 0 Å². The normalized spacial score (nSPS) is 15.8. The number of benzene rings is 1. The molecule has 1 fully saturated rings. The molecule has 0 aromatic heterocycles. The van der Waals surface area contributed by atoms with Crippen molar-refractivity contribution in [2.45, 2.75) is 19.4 Å². The molecule has 0 spiro atoms. The largest absolute Gasteiger partial charge is 0.379 e. The third-order valence-corrected chi connectivity index (χ3v) is 4.01. The van der Waals surface area contributed by atoms with Gasteiger partial charge >= 0.3 is 0 Å². The van der Waals surface area contributed by atoms with E-state index in [2.05, 4.69) is 46.7 Å². The smallest absolute Gasteiger partial charge is 0.221 e. The maximum atomic E-state index is 11.9. The van der Waals surface area contributed by atoms with Crippen molar-refractivity contribution in [2.75, 3.05) is 46.4 Å². The lowest BCUT2D eigenvalue weighted by Gasteiger charge is -2.35. The number of amides is 1. The van der Waals surface area contributed by atoms with Gasteiger partial charge in [0.2, 0.25) is 5.91 Å². The van der Waals surface area contributed by atoms with Crippen molar-refractivity contribution in [2.24, 2.45) is 0 Å². The second kappa shape index (κ2) is 12.5. The summed E-state index contributed by atoms with van der Waals surface area (Å²) in [6.45, 7) is 6.79. The molecular weight excluding hydrogens is 349 g/mol. The van der Waals surface area contributed by atoms with Crippen molar-refractivity contribution < 1.29 is 9.53 Å². The van der Waals surface area contributed by atoms with Crippen molar-refractivity contribution in [3.05, 3.63) is 35.4 Å². The molecule has 1 aromatic carbocycles. The summed E-state index contributed by atoms with van der Waals surface area (Å²) < 4.78 is 5.45. The molecule has 24 heavy (non-hydrogen) atoms. The number of morpholine rings is 1. The summed E-state index contributed by atoms with van der Waals surface area (Å²) in [4.78, 5) is 14.3. The van der Waals surface area contributed by atoms with E-state index in [9.17, 15) is 4.79 Å². The Kier molecular flexibility index (Phi) is 12.1. The summed E-state index contributed by atoms with van der Waals surface area (Å²) in [5.74, 6) is 0.0975. The fourth-order valence-electron chi connectivity index (χ4n) is 2.76. The Morgan fingerprint density at radius 1 is 1.29 bits per heavy atom. The van der Waals surface area contributed by atoms with Crippen LogP contribution in [0.2, 0.25) is 0 Å². The predicted molar refractivity (Wildman–Crippen MR) is 102 cm³/mol. The number of hydrogen-bond acceptors (Lipinski definition) is 4. The second-order valence-corrected chi connectivity index (χ2v) is 5.74. The summed E-state index contributed by atoms with van der Waals surface area (Å²) in [7, 11) is 1.86. The Hall–Kier alpha value is -0.850. The first kappa shape index (κ1) is 23.1. The van der Waals surface area contributed by atoms with Gasteiger partial charge in [0.15, 0.2) is 0 Å². The van der Waals surface area contributed by atoms with E-state index in [1.807, 2.05) is 7.05 Å². The average Bonchev–Trinajstić information content (AvgIpc) is 2.54. The van der Waals surface area contributed by atoms with Crippen LogP contribution in [-0.4, -0.2) is 57.2 Å². The third-order valence-electron chi connectivity index (χ3n) is 4.01. The number of aryl methyl sites for hydroxylation is 1. The average molecular weight is 378 g/mol. The first-order valence-corrected chi connectivity index (χ1v) is 8.00. The lowest BCUT2D eigenvalue weighted by Crippen LogP contribution is -2.44. The number of carbonyl (C=O) groups is 1. The fraction of sp³-hybridized carbons (Fsp3) is 0.588. The van der Waals surface area contributed by atoms with E-state index in [1.54, 1.807) is 0 Å². The maximum absolute atomic E-state index is 11.9. The molecule has 1 unspecified atom stereocenters. The summed E-state index contributed by atoms with van der Waals surface area (Å²) >= 11 is 0. The molecule has 2 rings (SSSR count). The molecule has 7 heteroatoms. The number of halogens is 2. The molecule has 1 aromatic rings. The molecule has 1 aliphatic heterocycles. The Morgan fingerprint density at radius 3 is 2.62 bits per heavy atom. The number of ether oxygens (including phenoxy) is 1. The Balaban J connectivity index is 0.00000264. The van der Waals surface area contributed by atoms with E-state index in [0.29, 0.717) is 19.5 Å². The zero-order chi connectivity index (χ0) is 15.8. The molecule has 0 saturated carbocycles. The minimum atomic E-state index is 0. The van der Waals surface area contributed by atoms with Crippen LogP contribution < -0.4 is 10.6 Å². The Bertz CT molecular complexity index is 483. The predicted octanol–water partition coefficient (Wildman–Crippen LogP) is 1.94. The van der Waals surface area contributed by atoms with Crippen LogP contribution in [0.3, 0.4) is 0 Å². The van der Waals surface area contributed by atoms with Gasteiger partial charge in [-0.3, -0.25) is 9.69 Å². The molecule has 1 amide bonds. The highest BCUT2D eigenvalue weighted by molar-refractivity contribution is 5.85. The molecule has 1 saturated heterocycles.